The lowest BCUT2D eigenvalue weighted by Gasteiger charge is -2.30. The van der Waals surface area contributed by atoms with E-state index in [9.17, 15) is 8.42 Å². The highest BCUT2D eigenvalue weighted by Gasteiger charge is 2.26. The minimum absolute atomic E-state index is 0.248. The van der Waals surface area contributed by atoms with Gasteiger partial charge in [0.05, 0.1) is 12.9 Å². The molecule has 4 nitrogen and oxygen atoms in total. The number of rotatable bonds is 5. The quantitative estimate of drug-likeness (QED) is 0.784. The third-order valence-electron chi connectivity index (χ3n) is 3.49. The van der Waals surface area contributed by atoms with Gasteiger partial charge in [0.2, 0.25) is 10.0 Å². The number of benzene rings is 1. The van der Waals surface area contributed by atoms with E-state index in [1.807, 2.05) is 24.3 Å². The van der Waals surface area contributed by atoms with Crippen LogP contribution in [0.1, 0.15) is 18.4 Å². The van der Waals surface area contributed by atoms with Crippen molar-refractivity contribution in [2.24, 2.45) is 5.92 Å². The summed E-state index contributed by atoms with van der Waals surface area (Å²) in [5, 5.41) is 0. The lowest BCUT2D eigenvalue weighted by Crippen LogP contribution is -2.40. The number of nitrogens with zero attached hydrogens (tertiary/aromatic N) is 1. The molecule has 1 unspecified atom stereocenters. The van der Waals surface area contributed by atoms with Crippen molar-refractivity contribution in [3.05, 3.63) is 29.8 Å². The van der Waals surface area contributed by atoms with Crippen LogP contribution in [0.25, 0.3) is 0 Å². The number of alkyl halides is 1. The largest absolute Gasteiger partial charge is 0.493 e. The Labute approximate surface area is 125 Å². The van der Waals surface area contributed by atoms with Crippen LogP contribution in [-0.4, -0.2) is 38.7 Å². The summed E-state index contributed by atoms with van der Waals surface area (Å²) < 4.78 is 30.4. The fraction of sp³-hybridized carbons (Fsp3) is 0.571. The zero-order valence-electron chi connectivity index (χ0n) is 11.6. The summed E-state index contributed by atoms with van der Waals surface area (Å²) in [6.07, 6.45) is 3.16. The molecule has 1 fully saturated rings. The first-order valence-corrected chi connectivity index (χ1v) is 9.10. The minimum Gasteiger partial charge on any atom is -0.493 e. The summed E-state index contributed by atoms with van der Waals surface area (Å²) in [6, 6.07) is 7.68. The van der Waals surface area contributed by atoms with Crippen molar-refractivity contribution in [3.8, 4) is 5.75 Å². The minimum atomic E-state index is -3.09. The SMILES string of the molecule is CS(=O)(=O)N1CCCC(COc2cccc(CCl)c2)C1. The van der Waals surface area contributed by atoms with Gasteiger partial charge in [-0.25, -0.2) is 12.7 Å². The highest BCUT2D eigenvalue weighted by atomic mass is 35.5. The first-order chi connectivity index (χ1) is 9.49. The number of sulfonamides is 1. The van der Waals surface area contributed by atoms with Crippen molar-refractivity contribution < 1.29 is 13.2 Å². The Balaban J connectivity index is 1.90. The molecule has 1 aromatic rings. The number of hydrogen-bond acceptors (Lipinski definition) is 3. The van der Waals surface area contributed by atoms with Crippen LogP contribution >= 0.6 is 11.6 Å². The lowest BCUT2D eigenvalue weighted by atomic mass is 10.0. The molecule has 0 spiro atoms. The van der Waals surface area contributed by atoms with Crippen molar-refractivity contribution in [2.45, 2.75) is 18.7 Å². The molecule has 1 aliphatic rings. The molecule has 0 saturated carbocycles. The van der Waals surface area contributed by atoms with Crippen LogP contribution in [0, 0.1) is 5.92 Å². The predicted octanol–water partition coefficient (Wildman–Crippen LogP) is 2.48. The Morgan fingerprint density at radius 2 is 2.25 bits per heavy atom. The van der Waals surface area contributed by atoms with Gasteiger partial charge in [-0.05, 0) is 30.5 Å². The summed E-state index contributed by atoms with van der Waals surface area (Å²) in [7, 11) is -3.09. The summed E-state index contributed by atoms with van der Waals surface area (Å²) in [4.78, 5) is 0. The van der Waals surface area contributed by atoms with E-state index in [2.05, 4.69) is 0 Å². The third-order valence-corrected chi connectivity index (χ3v) is 5.07. The average molecular weight is 318 g/mol. The van der Waals surface area contributed by atoms with Crippen LogP contribution in [0.5, 0.6) is 5.75 Å². The Kier molecular flexibility index (Phi) is 5.29. The van der Waals surface area contributed by atoms with Crippen LogP contribution in [0.4, 0.5) is 0 Å². The van der Waals surface area contributed by atoms with Crippen molar-refractivity contribution in [1.29, 1.82) is 0 Å². The molecule has 0 N–H and O–H groups in total. The van der Waals surface area contributed by atoms with Gasteiger partial charge in [-0.2, -0.15) is 0 Å². The highest BCUT2D eigenvalue weighted by Crippen LogP contribution is 2.21. The normalized spacial score (nSPS) is 20.8. The Morgan fingerprint density at radius 3 is 2.95 bits per heavy atom. The third kappa shape index (κ3) is 4.36. The molecule has 1 saturated heterocycles. The molecular weight excluding hydrogens is 298 g/mol. The van der Waals surface area contributed by atoms with E-state index >= 15 is 0 Å². The van der Waals surface area contributed by atoms with Gasteiger partial charge in [0.25, 0.3) is 0 Å². The van der Waals surface area contributed by atoms with Gasteiger partial charge in [-0.1, -0.05) is 12.1 Å². The average Bonchev–Trinajstić information content (AvgIpc) is 2.45. The van der Waals surface area contributed by atoms with Gasteiger partial charge in [-0.15, -0.1) is 11.6 Å². The zero-order chi connectivity index (χ0) is 14.6. The molecular formula is C14H20ClNO3S. The van der Waals surface area contributed by atoms with Gasteiger partial charge in [-0.3, -0.25) is 0 Å². The smallest absolute Gasteiger partial charge is 0.211 e. The Bertz CT molecular complexity index is 547. The standard InChI is InChI=1S/C14H20ClNO3S/c1-20(17,18)16-7-3-5-13(10-16)11-19-14-6-2-4-12(8-14)9-15/h2,4,6,8,13H,3,5,7,9-11H2,1H3. The number of ether oxygens (including phenoxy) is 1. The maximum Gasteiger partial charge on any atom is 0.211 e. The first kappa shape index (κ1) is 15.6. The van der Waals surface area contributed by atoms with Crippen molar-refractivity contribution in [3.63, 3.8) is 0 Å². The van der Waals surface area contributed by atoms with Crippen molar-refractivity contribution >= 4 is 21.6 Å². The van der Waals surface area contributed by atoms with Crippen molar-refractivity contribution in [1.82, 2.24) is 4.31 Å². The first-order valence-electron chi connectivity index (χ1n) is 6.72. The van der Waals surface area contributed by atoms with Gasteiger partial charge in [0, 0.05) is 24.9 Å². The van der Waals surface area contributed by atoms with E-state index in [1.165, 1.54) is 6.26 Å². The van der Waals surface area contributed by atoms with Gasteiger partial charge < -0.3 is 4.74 Å². The maximum absolute atomic E-state index is 11.6. The second kappa shape index (κ2) is 6.78. The summed E-state index contributed by atoms with van der Waals surface area (Å²) >= 11 is 5.79. The zero-order valence-corrected chi connectivity index (χ0v) is 13.2. The molecule has 112 valence electrons. The van der Waals surface area contributed by atoms with Crippen LogP contribution in [0.3, 0.4) is 0 Å². The monoisotopic (exact) mass is 317 g/mol. The Morgan fingerprint density at radius 1 is 1.45 bits per heavy atom. The molecule has 1 atom stereocenters. The maximum atomic E-state index is 11.6. The van der Waals surface area contributed by atoms with E-state index in [-0.39, 0.29) is 5.92 Å². The van der Waals surface area contributed by atoms with Gasteiger partial charge >= 0.3 is 0 Å². The van der Waals surface area contributed by atoms with Crippen LogP contribution in [0.15, 0.2) is 24.3 Å². The fourth-order valence-electron chi connectivity index (χ4n) is 2.40. The van der Waals surface area contributed by atoms with E-state index < -0.39 is 10.0 Å². The van der Waals surface area contributed by atoms with Crippen LogP contribution in [0.2, 0.25) is 0 Å². The Hall–Kier alpha value is -0.780. The number of hydrogen-bond donors (Lipinski definition) is 0. The van der Waals surface area contributed by atoms with E-state index in [4.69, 9.17) is 16.3 Å². The predicted molar refractivity (Wildman–Crippen MR) is 80.6 cm³/mol. The van der Waals surface area contributed by atoms with E-state index in [0.717, 1.165) is 24.2 Å². The van der Waals surface area contributed by atoms with Crippen LogP contribution in [-0.2, 0) is 15.9 Å². The second-order valence-corrected chi connectivity index (χ2v) is 7.47. The molecule has 1 aromatic carbocycles. The van der Waals surface area contributed by atoms with Crippen LogP contribution < -0.4 is 4.74 Å². The van der Waals surface area contributed by atoms with Gasteiger partial charge in [0.15, 0.2) is 0 Å². The number of halogens is 1. The number of piperidine rings is 1. The highest BCUT2D eigenvalue weighted by molar-refractivity contribution is 7.88. The molecule has 0 aliphatic carbocycles. The topological polar surface area (TPSA) is 46.6 Å². The van der Waals surface area contributed by atoms with E-state index in [0.29, 0.717) is 25.6 Å². The molecule has 1 heterocycles. The fourth-order valence-corrected chi connectivity index (χ4v) is 3.51. The van der Waals surface area contributed by atoms with E-state index in [1.54, 1.807) is 4.31 Å². The molecule has 0 amide bonds. The van der Waals surface area contributed by atoms with Gasteiger partial charge in [0.1, 0.15) is 5.75 Å². The summed E-state index contributed by atoms with van der Waals surface area (Å²) in [5.74, 6) is 1.50. The summed E-state index contributed by atoms with van der Waals surface area (Å²) in [5.41, 5.74) is 1.02. The molecule has 0 bridgehead atoms. The second-order valence-electron chi connectivity index (χ2n) is 5.22. The van der Waals surface area contributed by atoms with Crippen molar-refractivity contribution in [2.75, 3.05) is 26.0 Å². The molecule has 20 heavy (non-hydrogen) atoms. The lowest BCUT2D eigenvalue weighted by molar-refractivity contribution is 0.180. The molecule has 2 rings (SSSR count). The molecule has 6 heteroatoms. The summed E-state index contributed by atoms with van der Waals surface area (Å²) in [6.45, 7) is 1.71. The molecule has 1 aliphatic heterocycles. The molecule has 0 aromatic heterocycles. The molecule has 0 radical (unpaired) electrons.